The van der Waals surface area contributed by atoms with Crippen LogP contribution in [0.2, 0.25) is 0 Å². The van der Waals surface area contributed by atoms with Gasteiger partial charge in [-0.2, -0.15) is 8.78 Å². The minimum atomic E-state index is -2.88. The third-order valence-electron chi connectivity index (χ3n) is 4.69. The molecule has 0 unspecified atom stereocenters. The second-order valence-corrected chi connectivity index (χ2v) is 6.52. The average molecular weight is 390 g/mol. The molecule has 3 aromatic rings. The first-order valence-electron chi connectivity index (χ1n) is 8.83. The van der Waals surface area contributed by atoms with Gasteiger partial charge in [-0.05, 0) is 43.2 Å². The van der Waals surface area contributed by atoms with Gasteiger partial charge in [0.25, 0.3) is 5.91 Å². The number of aromatic nitrogens is 3. The molecule has 1 fully saturated rings. The lowest BCUT2D eigenvalue weighted by molar-refractivity contribution is -0.0498. The number of carbonyl (C=O) groups is 1. The topological polar surface area (TPSA) is 60.3 Å². The summed E-state index contributed by atoms with van der Waals surface area (Å²) >= 11 is 0. The van der Waals surface area contributed by atoms with Crippen molar-refractivity contribution in [3.05, 3.63) is 48.4 Å². The van der Waals surface area contributed by atoms with E-state index in [2.05, 4.69) is 14.7 Å². The summed E-state index contributed by atoms with van der Waals surface area (Å²) in [5.41, 5.74) is 2.12. The van der Waals surface area contributed by atoms with Crippen molar-refractivity contribution in [2.45, 2.75) is 25.6 Å². The standard InChI is InChI=1S/C19H17F3N4O2/c20-13-5-7-25(8-6-13)18(27)12-9-16-17(23-10-12)26(11-24-16)14-1-3-15(4-2-14)28-19(21)22/h1-4,9-11,13,19H,5-8H2. The van der Waals surface area contributed by atoms with E-state index in [0.29, 0.717) is 48.3 Å². The molecule has 0 bridgehead atoms. The highest BCUT2D eigenvalue weighted by Gasteiger charge is 2.24. The van der Waals surface area contributed by atoms with Crippen molar-refractivity contribution in [1.29, 1.82) is 0 Å². The van der Waals surface area contributed by atoms with E-state index in [0.717, 1.165) is 0 Å². The van der Waals surface area contributed by atoms with Crippen LogP contribution in [0, 0.1) is 0 Å². The molecule has 146 valence electrons. The van der Waals surface area contributed by atoms with Crippen LogP contribution in [0.5, 0.6) is 5.75 Å². The summed E-state index contributed by atoms with van der Waals surface area (Å²) < 4.78 is 43.8. The predicted octanol–water partition coefficient (Wildman–Crippen LogP) is 3.60. The molecule has 3 heterocycles. The number of pyridine rings is 1. The van der Waals surface area contributed by atoms with Gasteiger partial charge in [-0.25, -0.2) is 14.4 Å². The first kappa shape index (κ1) is 18.3. The van der Waals surface area contributed by atoms with Crippen LogP contribution in [-0.2, 0) is 0 Å². The Labute approximate surface area is 158 Å². The summed E-state index contributed by atoms with van der Waals surface area (Å²) in [7, 11) is 0. The van der Waals surface area contributed by atoms with Gasteiger partial charge in [0, 0.05) is 25.0 Å². The number of hydrogen-bond acceptors (Lipinski definition) is 4. The number of likely N-dealkylation sites (tertiary alicyclic amines) is 1. The number of imidazole rings is 1. The lowest BCUT2D eigenvalue weighted by Crippen LogP contribution is -2.39. The van der Waals surface area contributed by atoms with E-state index in [4.69, 9.17) is 0 Å². The molecule has 0 radical (unpaired) electrons. The highest BCUT2D eigenvalue weighted by Crippen LogP contribution is 2.22. The van der Waals surface area contributed by atoms with Crippen LogP contribution >= 0.6 is 0 Å². The van der Waals surface area contributed by atoms with E-state index in [-0.39, 0.29) is 11.7 Å². The summed E-state index contributed by atoms with van der Waals surface area (Å²) in [5, 5.41) is 0. The Morgan fingerprint density at radius 3 is 2.54 bits per heavy atom. The van der Waals surface area contributed by atoms with Crippen molar-refractivity contribution >= 4 is 17.1 Å². The summed E-state index contributed by atoms with van der Waals surface area (Å²) in [4.78, 5) is 22.9. The molecule has 1 aliphatic rings. The fourth-order valence-electron chi connectivity index (χ4n) is 3.23. The number of alkyl halides is 3. The zero-order valence-electron chi connectivity index (χ0n) is 14.8. The molecule has 0 spiro atoms. The van der Waals surface area contributed by atoms with Crippen LogP contribution in [0.4, 0.5) is 13.2 Å². The molecule has 1 amide bonds. The van der Waals surface area contributed by atoms with Gasteiger partial charge in [0.1, 0.15) is 23.8 Å². The minimum absolute atomic E-state index is 0.0565. The van der Waals surface area contributed by atoms with Gasteiger partial charge in [0.05, 0.1) is 5.56 Å². The Bertz CT molecular complexity index is 983. The smallest absolute Gasteiger partial charge is 0.387 e. The number of hydrogen-bond donors (Lipinski definition) is 0. The lowest BCUT2D eigenvalue weighted by Gasteiger charge is -2.28. The van der Waals surface area contributed by atoms with Crippen molar-refractivity contribution in [1.82, 2.24) is 19.4 Å². The average Bonchev–Trinajstić information content (AvgIpc) is 3.11. The van der Waals surface area contributed by atoms with Gasteiger partial charge in [-0.15, -0.1) is 0 Å². The molecule has 9 heteroatoms. The Kier molecular flexibility index (Phi) is 4.89. The number of piperidine rings is 1. The van der Waals surface area contributed by atoms with E-state index >= 15 is 0 Å². The SMILES string of the molecule is O=C(c1cnc2c(c1)ncn2-c1ccc(OC(F)F)cc1)N1CCC(F)CC1. The molecule has 0 atom stereocenters. The summed E-state index contributed by atoms with van der Waals surface area (Å²) in [5.74, 6) is -0.134. The van der Waals surface area contributed by atoms with Crippen LogP contribution in [0.1, 0.15) is 23.2 Å². The highest BCUT2D eigenvalue weighted by molar-refractivity contribution is 5.96. The number of nitrogens with zero attached hydrogens (tertiary/aromatic N) is 4. The molecule has 0 saturated carbocycles. The van der Waals surface area contributed by atoms with Crippen molar-refractivity contribution in [3.8, 4) is 11.4 Å². The lowest BCUT2D eigenvalue weighted by atomic mass is 10.1. The summed E-state index contributed by atoms with van der Waals surface area (Å²) in [6.07, 6.45) is 2.86. The highest BCUT2D eigenvalue weighted by atomic mass is 19.3. The third kappa shape index (κ3) is 3.64. The fraction of sp³-hybridized carbons (Fsp3) is 0.316. The van der Waals surface area contributed by atoms with Crippen LogP contribution < -0.4 is 4.74 Å². The third-order valence-corrected chi connectivity index (χ3v) is 4.69. The molecule has 1 aromatic carbocycles. The quantitative estimate of drug-likeness (QED) is 0.683. The monoisotopic (exact) mass is 390 g/mol. The number of rotatable bonds is 4. The van der Waals surface area contributed by atoms with Crippen molar-refractivity contribution in [2.75, 3.05) is 13.1 Å². The maximum absolute atomic E-state index is 13.3. The number of carbonyl (C=O) groups excluding carboxylic acids is 1. The summed E-state index contributed by atoms with van der Waals surface area (Å²) in [6.45, 7) is -2.10. The van der Waals surface area contributed by atoms with Crippen LogP contribution in [0.25, 0.3) is 16.9 Å². The van der Waals surface area contributed by atoms with Gasteiger partial charge in [-0.1, -0.05) is 0 Å². The molecule has 0 aliphatic carbocycles. The largest absolute Gasteiger partial charge is 0.435 e. The molecular weight excluding hydrogens is 373 g/mol. The van der Waals surface area contributed by atoms with E-state index < -0.39 is 12.8 Å². The molecule has 0 N–H and O–H groups in total. The summed E-state index contributed by atoms with van der Waals surface area (Å²) in [6, 6.07) is 7.73. The Balaban J connectivity index is 1.57. The van der Waals surface area contributed by atoms with Gasteiger partial charge in [0.15, 0.2) is 5.65 Å². The molecule has 28 heavy (non-hydrogen) atoms. The molecule has 2 aromatic heterocycles. The van der Waals surface area contributed by atoms with Crippen LogP contribution in [0.15, 0.2) is 42.9 Å². The van der Waals surface area contributed by atoms with Gasteiger partial charge in [0.2, 0.25) is 0 Å². The van der Waals surface area contributed by atoms with E-state index in [9.17, 15) is 18.0 Å². The predicted molar refractivity (Wildman–Crippen MR) is 95.5 cm³/mol. The van der Waals surface area contributed by atoms with E-state index in [1.54, 1.807) is 34.0 Å². The van der Waals surface area contributed by atoms with Crippen molar-refractivity contribution < 1.29 is 22.7 Å². The zero-order chi connectivity index (χ0) is 19.7. The number of halogens is 3. The Morgan fingerprint density at radius 2 is 1.86 bits per heavy atom. The first-order chi connectivity index (χ1) is 13.5. The number of ether oxygens (including phenoxy) is 1. The Morgan fingerprint density at radius 1 is 1.14 bits per heavy atom. The van der Waals surface area contributed by atoms with Crippen LogP contribution in [-0.4, -0.2) is 51.2 Å². The van der Waals surface area contributed by atoms with E-state index in [1.807, 2.05) is 0 Å². The Hall–Kier alpha value is -3.10. The van der Waals surface area contributed by atoms with Crippen LogP contribution in [0.3, 0.4) is 0 Å². The molecule has 1 saturated heterocycles. The molecular formula is C19H17F3N4O2. The molecule has 6 nitrogen and oxygen atoms in total. The van der Waals surface area contributed by atoms with Gasteiger partial charge >= 0.3 is 6.61 Å². The minimum Gasteiger partial charge on any atom is -0.435 e. The van der Waals surface area contributed by atoms with Gasteiger partial charge in [-0.3, -0.25) is 9.36 Å². The first-order valence-corrected chi connectivity index (χ1v) is 8.83. The number of fused-ring (bicyclic) bond motifs is 1. The molecule has 4 rings (SSSR count). The van der Waals surface area contributed by atoms with E-state index in [1.165, 1.54) is 18.3 Å². The maximum atomic E-state index is 13.3. The normalized spacial score (nSPS) is 15.4. The second kappa shape index (κ2) is 7.49. The van der Waals surface area contributed by atoms with Gasteiger partial charge < -0.3 is 9.64 Å². The van der Waals surface area contributed by atoms with Crippen molar-refractivity contribution in [3.63, 3.8) is 0 Å². The maximum Gasteiger partial charge on any atom is 0.387 e. The second-order valence-electron chi connectivity index (χ2n) is 6.52. The number of amides is 1. The van der Waals surface area contributed by atoms with Crippen molar-refractivity contribution in [2.24, 2.45) is 0 Å². The number of benzene rings is 1. The molecule has 1 aliphatic heterocycles. The zero-order valence-corrected chi connectivity index (χ0v) is 14.8. The fourth-order valence-corrected chi connectivity index (χ4v) is 3.23.